The van der Waals surface area contributed by atoms with E-state index in [9.17, 15) is 31.5 Å². The molecule has 0 aliphatic carbocycles. The lowest BCUT2D eigenvalue weighted by atomic mass is 10.1. The van der Waals surface area contributed by atoms with Gasteiger partial charge in [0.1, 0.15) is 5.56 Å². The van der Waals surface area contributed by atoms with Crippen molar-refractivity contribution in [2.24, 2.45) is 0 Å². The number of nitrogens with one attached hydrogen (secondary N) is 1. The molecule has 0 aliphatic heterocycles. The molecule has 0 aliphatic rings. The highest BCUT2D eigenvalue weighted by atomic mass is 19.2. The number of ketones is 1. The van der Waals surface area contributed by atoms with Gasteiger partial charge in [-0.2, -0.15) is 0 Å². The number of rotatable bonds is 3. The first-order valence-corrected chi connectivity index (χ1v) is 5.18. The zero-order valence-corrected chi connectivity index (χ0v) is 10.3. The van der Waals surface area contributed by atoms with Gasteiger partial charge in [-0.3, -0.25) is 9.59 Å². The normalized spacial score (nSPS) is 11.4. The van der Waals surface area contributed by atoms with E-state index in [0.29, 0.717) is 0 Å². The van der Waals surface area contributed by atoms with Gasteiger partial charge in [0.15, 0.2) is 29.1 Å². The molecule has 3 nitrogen and oxygen atoms in total. The van der Waals surface area contributed by atoms with Gasteiger partial charge >= 0.3 is 0 Å². The Morgan fingerprint density at radius 3 is 1.65 bits per heavy atom. The number of halogens is 5. The van der Waals surface area contributed by atoms with Crippen molar-refractivity contribution in [2.45, 2.75) is 13.8 Å². The number of carbonyl (C=O) groups excluding carboxylic acids is 2. The van der Waals surface area contributed by atoms with E-state index >= 15 is 0 Å². The summed E-state index contributed by atoms with van der Waals surface area (Å²) in [6, 6.07) is 0. The van der Waals surface area contributed by atoms with Gasteiger partial charge in [0.2, 0.25) is 5.82 Å². The van der Waals surface area contributed by atoms with E-state index in [0.717, 1.165) is 13.0 Å². The molecule has 1 aromatic rings. The molecule has 20 heavy (non-hydrogen) atoms. The molecular weight excluding hydrogens is 285 g/mol. The van der Waals surface area contributed by atoms with Gasteiger partial charge in [-0.25, -0.2) is 22.0 Å². The standard InChI is InChI=1S/C12H8F5NO2/c1-4(3-5(2)19)18-12(20)6-7(13)9(15)11(17)10(16)8(6)14/h3H,1-2H3,(H,18,20). The number of carbonyl (C=O) groups is 2. The van der Waals surface area contributed by atoms with Gasteiger partial charge in [-0.1, -0.05) is 0 Å². The molecule has 0 saturated carbocycles. The predicted molar refractivity (Wildman–Crippen MR) is 58.1 cm³/mol. The molecule has 0 radical (unpaired) electrons. The van der Waals surface area contributed by atoms with Crippen LogP contribution in [0.25, 0.3) is 0 Å². The van der Waals surface area contributed by atoms with Crippen molar-refractivity contribution in [1.82, 2.24) is 5.32 Å². The quantitative estimate of drug-likeness (QED) is 0.403. The summed E-state index contributed by atoms with van der Waals surface area (Å²) in [7, 11) is 0. The molecule has 0 fully saturated rings. The molecule has 0 unspecified atom stereocenters. The predicted octanol–water partition coefficient (Wildman–Crippen LogP) is 2.60. The lowest BCUT2D eigenvalue weighted by Crippen LogP contribution is -2.26. The van der Waals surface area contributed by atoms with Crippen molar-refractivity contribution in [1.29, 1.82) is 0 Å². The van der Waals surface area contributed by atoms with Gasteiger partial charge in [0.25, 0.3) is 5.91 Å². The fourth-order valence-corrected chi connectivity index (χ4v) is 1.39. The summed E-state index contributed by atoms with van der Waals surface area (Å²) in [5, 5.41) is 1.85. The third-order valence-corrected chi connectivity index (χ3v) is 2.17. The molecule has 1 aromatic carbocycles. The second kappa shape index (κ2) is 5.81. The first-order chi connectivity index (χ1) is 9.16. The number of hydrogen-bond acceptors (Lipinski definition) is 2. The molecule has 0 spiro atoms. The van der Waals surface area contributed by atoms with Crippen molar-refractivity contribution in [3.63, 3.8) is 0 Å². The summed E-state index contributed by atoms with van der Waals surface area (Å²) in [4.78, 5) is 22.2. The van der Waals surface area contributed by atoms with Crippen molar-refractivity contribution in [3.8, 4) is 0 Å². The van der Waals surface area contributed by atoms with E-state index in [1.165, 1.54) is 6.92 Å². The van der Waals surface area contributed by atoms with Gasteiger partial charge < -0.3 is 5.32 Å². The Kier molecular flexibility index (Phi) is 4.59. The minimum atomic E-state index is -2.35. The average Bonchev–Trinajstić information content (AvgIpc) is 2.33. The second-order valence-corrected chi connectivity index (χ2v) is 3.84. The number of benzene rings is 1. The first-order valence-electron chi connectivity index (χ1n) is 5.18. The zero-order valence-electron chi connectivity index (χ0n) is 10.3. The minimum absolute atomic E-state index is 0.105. The van der Waals surface area contributed by atoms with E-state index in [2.05, 4.69) is 0 Å². The molecule has 1 rings (SSSR count). The summed E-state index contributed by atoms with van der Waals surface area (Å²) in [5.74, 6) is -13.3. The van der Waals surface area contributed by atoms with Crippen LogP contribution >= 0.6 is 0 Å². The maximum atomic E-state index is 13.3. The van der Waals surface area contributed by atoms with Crippen LogP contribution in [0, 0.1) is 29.1 Å². The lowest BCUT2D eigenvalue weighted by molar-refractivity contribution is -0.112. The van der Waals surface area contributed by atoms with E-state index in [4.69, 9.17) is 0 Å². The zero-order chi connectivity index (χ0) is 15.6. The summed E-state index contributed by atoms with van der Waals surface area (Å²) in [6.45, 7) is 2.36. The average molecular weight is 293 g/mol. The monoisotopic (exact) mass is 293 g/mol. The largest absolute Gasteiger partial charge is 0.326 e. The van der Waals surface area contributed by atoms with Crippen LogP contribution in [0.4, 0.5) is 22.0 Å². The summed E-state index contributed by atoms with van der Waals surface area (Å²) >= 11 is 0. The molecule has 0 atom stereocenters. The van der Waals surface area contributed by atoms with Crippen LogP contribution in [0.5, 0.6) is 0 Å². The molecule has 0 heterocycles. The summed E-state index contributed by atoms with van der Waals surface area (Å²) in [5.41, 5.74) is -1.72. The molecule has 1 amide bonds. The molecule has 1 N–H and O–H groups in total. The molecule has 0 aromatic heterocycles. The molecule has 108 valence electrons. The highest BCUT2D eigenvalue weighted by molar-refractivity contribution is 5.97. The Hall–Kier alpha value is -2.25. The van der Waals surface area contributed by atoms with Crippen LogP contribution in [0.1, 0.15) is 24.2 Å². The van der Waals surface area contributed by atoms with Crippen molar-refractivity contribution >= 4 is 11.7 Å². The maximum absolute atomic E-state index is 13.3. The second-order valence-electron chi connectivity index (χ2n) is 3.84. The third-order valence-electron chi connectivity index (χ3n) is 2.17. The Labute approximate surface area is 110 Å². The van der Waals surface area contributed by atoms with Crippen LogP contribution in [-0.4, -0.2) is 11.7 Å². The van der Waals surface area contributed by atoms with Crippen LogP contribution < -0.4 is 5.32 Å². The Morgan fingerprint density at radius 2 is 1.25 bits per heavy atom. The van der Waals surface area contributed by atoms with E-state index < -0.39 is 46.3 Å². The van der Waals surface area contributed by atoms with Crippen molar-refractivity contribution < 1.29 is 31.5 Å². The lowest BCUT2D eigenvalue weighted by Gasteiger charge is -2.09. The van der Waals surface area contributed by atoms with Crippen LogP contribution in [0.2, 0.25) is 0 Å². The van der Waals surface area contributed by atoms with E-state index in [1.54, 1.807) is 0 Å². The Balaban J connectivity index is 3.28. The van der Waals surface area contributed by atoms with Crippen LogP contribution in [0.3, 0.4) is 0 Å². The van der Waals surface area contributed by atoms with E-state index in [1.807, 2.05) is 5.32 Å². The summed E-state index contributed by atoms with van der Waals surface area (Å²) in [6.07, 6.45) is 0.921. The van der Waals surface area contributed by atoms with Crippen LogP contribution in [-0.2, 0) is 4.79 Å². The fraction of sp³-hybridized carbons (Fsp3) is 0.167. The van der Waals surface area contributed by atoms with Gasteiger partial charge in [0.05, 0.1) is 0 Å². The smallest absolute Gasteiger partial charge is 0.261 e. The number of amides is 1. The first kappa shape index (κ1) is 15.8. The Morgan fingerprint density at radius 1 is 0.850 bits per heavy atom. The van der Waals surface area contributed by atoms with Gasteiger partial charge in [-0.15, -0.1) is 0 Å². The van der Waals surface area contributed by atoms with Crippen LogP contribution in [0.15, 0.2) is 11.8 Å². The highest BCUT2D eigenvalue weighted by Crippen LogP contribution is 2.23. The summed E-state index contributed by atoms with van der Waals surface area (Å²) < 4.78 is 65.2. The molecular formula is C12H8F5NO2. The maximum Gasteiger partial charge on any atom is 0.261 e. The number of hydrogen-bond donors (Lipinski definition) is 1. The van der Waals surface area contributed by atoms with Crippen molar-refractivity contribution in [2.75, 3.05) is 0 Å². The third kappa shape index (κ3) is 3.01. The minimum Gasteiger partial charge on any atom is -0.326 e. The molecule has 0 saturated heterocycles. The fourth-order valence-electron chi connectivity index (χ4n) is 1.39. The Bertz CT molecular complexity index is 596. The van der Waals surface area contributed by atoms with E-state index in [-0.39, 0.29) is 5.70 Å². The van der Waals surface area contributed by atoms with Crippen molar-refractivity contribution in [3.05, 3.63) is 46.4 Å². The van der Waals surface area contributed by atoms with Gasteiger partial charge in [-0.05, 0) is 19.9 Å². The van der Waals surface area contributed by atoms with Gasteiger partial charge in [0, 0.05) is 5.70 Å². The highest BCUT2D eigenvalue weighted by Gasteiger charge is 2.29. The number of allylic oxidation sites excluding steroid dienone is 2. The topological polar surface area (TPSA) is 46.2 Å². The molecule has 0 bridgehead atoms. The SMILES string of the molecule is CC(=O)C=C(C)NC(=O)c1c(F)c(F)c(F)c(F)c1F. The molecule has 8 heteroatoms.